The lowest BCUT2D eigenvalue weighted by Crippen LogP contribution is -2.59. The molecule has 9 nitrogen and oxygen atoms in total. The van der Waals surface area contributed by atoms with Gasteiger partial charge in [-0.3, -0.25) is 4.79 Å². The van der Waals surface area contributed by atoms with Gasteiger partial charge in [0.15, 0.2) is 6.29 Å². The largest absolute Gasteiger partial charge is 0.457 e. The van der Waals surface area contributed by atoms with E-state index in [9.17, 15) is 25.2 Å². The minimum Gasteiger partial charge on any atom is -0.457 e. The van der Waals surface area contributed by atoms with Gasteiger partial charge in [-0.15, -0.1) is 0 Å². The van der Waals surface area contributed by atoms with Gasteiger partial charge in [-0.25, -0.2) is 0 Å². The summed E-state index contributed by atoms with van der Waals surface area (Å²) in [6.07, 6.45) is 29.1. The Morgan fingerprint density at radius 2 is 1.16 bits per heavy atom. The molecule has 1 rings (SSSR count). The van der Waals surface area contributed by atoms with E-state index in [4.69, 9.17) is 18.9 Å². The Labute approximate surface area is 305 Å². The molecule has 0 aromatic heterocycles. The average Bonchev–Trinajstić information content (AvgIpc) is 3.11. The summed E-state index contributed by atoms with van der Waals surface area (Å²) in [7, 11) is 0. The van der Waals surface area contributed by atoms with Crippen molar-refractivity contribution in [2.24, 2.45) is 0 Å². The lowest BCUT2D eigenvalue weighted by molar-refractivity contribution is -0.305. The van der Waals surface area contributed by atoms with E-state index < -0.39 is 43.4 Å². The van der Waals surface area contributed by atoms with Crippen LogP contribution in [0.5, 0.6) is 0 Å². The predicted octanol–water partition coefficient (Wildman–Crippen LogP) is 8.25. The first kappa shape index (κ1) is 46.7. The van der Waals surface area contributed by atoms with Crippen molar-refractivity contribution in [3.05, 3.63) is 24.3 Å². The van der Waals surface area contributed by atoms with E-state index in [1.807, 2.05) is 0 Å². The van der Waals surface area contributed by atoms with Crippen LogP contribution in [0.1, 0.15) is 168 Å². The second-order valence-corrected chi connectivity index (χ2v) is 14.1. The van der Waals surface area contributed by atoms with E-state index >= 15 is 0 Å². The van der Waals surface area contributed by atoms with Gasteiger partial charge in [0.1, 0.15) is 30.5 Å². The van der Waals surface area contributed by atoms with Crippen LogP contribution in [0.3, 0.4) is 0 Å². The predicted molar refractivity (Wildman–Crippen MR) is 201 cm³/mol. The van der Waals surface area contributed by atoms with Crippen molar-refractivity contribution in [2.75, 3.05) is 26.4 Å². The van der Waals surface area contributed by atoms with Gasteiger partial charge in [0.2, 0.25) is 0 Å². The first-order valence-corrected chi connectivity index (χ1v) is 20.4. The normalized spacial score (nSPS) is 21.8. The fraction of sp³-hybridized carbons (Fsp3) is 0.878. The molecule has 9 heteroatoms. The second-order valence-electron chi connectivity index (χ2n) is 14.1. The lowest BCUT2D eigenvalue weighted by Gasteiger charge is -2.39. The zero-order chi connectivity index (χ0) is 36.5. The number of aliphatic hydroxyl groups is 4. The Kier molecular flexibility index (Phi) is 31.3. The molecule has 1 aliphatic rings. The highest BCUT2D eigenvalue weighted by Crippen LogP contribution is 2.22. The van der Waals surface area contributed by atoms with Crippen LogP contribution in [0.2, 0.25) is 0 Å². The molecule has 4 N–H and O–H groups in total. The summed E-state index contributed by atoms with van der Waals surface area (Å²) in [5.74, 6) is -0.327. The maximum Gasteiger partial charge on any atom is 0.306 e. The number of ether oxygens (including phenoxy) is 4. The highest BCUT2D eigenvalue weighted by Gasteiger charge is 2.44. The summed E-state index contributed by atoms with van der Waals surface area (Å²) in [5, 5.41) is 40.0. The van der Waals surface area contributed by atoms with E-state index in [0.717, 1.165) is 57.8 Å². The fourth-order valence-electron chi connectivity index (χ4n) is 6.11. The van der Waals surface area contributed by atoms with Crippen LogP contribution in [0.15, 0.2) is 24.3 Å². The standard InChI is InChI=1S/C41H76O9/c1-3-5-7-9-11-13-15-16-17-18-19-20-22-24-26-28-30-37(43)49-35(34-48-41-40(46)39(45)38(44)36(32-42)50-41)33-47-31-29-27-25-23-21-14-12-10-8-6-4-2/h13,15,17-18,35-36,38-42,44-46H,3-12,14,16,19-34H2,1-2H3/b15-13-,18-17-. The van der Waals surface area contributed by atoms with Crippen LogP contribution in [0.25, 0.3) is 0 Å². The molecule has 0 spiro atoms. The van der Waals surface area contributed by atoms with Crippen molar-refractivity contribution >= 4 is 5.97 Å². The molecule has 1 fully saturated rings. The van der Waals surface area contributed by atoms with E-state index in [1.54, 1.807) is 0 Å². The van der Waals surface area contributed by atoms with Crippen LogP contribution in [0, 0.1) is 0 Å². The number of carbonyl (C=O) groups excluding carboxylic acids is 1. The Morgan fingerprint density at radius 1 is 0.640 bits per heavy atom. The SMILES string of the molecule is CCCCCC/C=C\C/C=C\CCCCCCCC(=O)OC(COCCCCCCCCCCCCC)COC1OC(CO)C(O)C(O)C1O. The molecule has 1 aliphatic heterocycles. The Morgan fingerprint density at radius 3 is 1.74 bits per heavy atom. The van der Waals surface area contributed by atoms with Gasteiger partial charge in [-0.2, -0.15) is 0 Å². The molecule has 0 bridgehead atoms. The molecule has 6 atom stereocenters. The molecule has 0 amide bonds. The summed E-state index contributed by atoms with van der Waals surface area (Å²) in [5.41, 5.74) is 0. The van der Waals surface area contributed by atoms with Gasteiger partial charge >= 0.3 is 5.97 Å². The first-order valence-electron chi connectivity index (χ1n) is 20.4. The number of hydrogen-bond acceptors (Lipinski definition) is 9. The molecule has 1 heterocycles. The quantitative estimate of drug-likeness (QED) is 0.0296. The summed E-state index contributed by atoms with van der Waals surface area (Å²) in [6.45, 7) is 4.52. The fourth-order valence-corrected chi connectivity index (χ4v) is 6.11. The molecule has 0 saturated carbocycles. The van der Waals surface area contributed by atoms with Gasteiger partial charge in [0.05, 0.1) is 19.8 Å². The highest BCUT2D eigenvalue weighted by atomic mass is 16.7. The van der Waals surface area contributed by atoms with Crippen molar-refractivity contribution in [1.29, 1.82) is 0 Å². The number of aliphatic hydroxyl groups excluding tert-OH is 4. The van der Waals surface area contributed by atoms with Gasteiger partial charge < -0.3 is 39.4 Å². The molecule has 0 aliphatic carbocycles. The van der Waals surface area contributed by atoms with Gasteiger partial charge in [-0.05, 0) is 44.9 Å². The van der Waals surface area contributed by atoms with Crippen LogP contribution in [0.4, 0.5) is 0 Å². The zero-order valence-electron chi connectivity index (χ0n) is 31.9. The summed E-state index contributed by atoms with van der Waals surface area (Å²) in [6, 6.07) is 0. The molecule has 0 aromatic carbocycles. The first-order chi connectivity index (χ1) is 24.4. The van der Waals surface area contributed by atoms with E-state index in [-0.39, 0.29) is 19.2 Å². The van der Waals surface area contributed by atoms with Gasteiger partial charge in [0, 0.05) is 13.0 Å². The van der Waals surface area contributed by atoms with Gasteiger partial charge in [-0.1, -0.05) is 141 Å². The van der Waals surface area contributed by atoms with Crippen molar-refractivity contribution in [3.8, 4) is 0 Å². The zero-order valence-corrected chi connectivity index (χ0v) is 31.9. The molecular formula is C41H76O9. The molecule has 0 radical (unpaired) electrons. The average molecular weight is 713 g/mol. The molecule has 0 aromatic rings. The van der Waals surface area contributed by atoms with Crippen LogP contribution in [-0.4, -0.2) is 89.6 Å². The van der Waals surface area contributed by atoms with E-state index in [0.29, 0.717) is 13.0 Å². The Hall–Kier alpha value is -1.33. The van der Waals surface area contributed by atoms with E-state index in [1.165, 1.54) is 89.9 Å². The smallest absolute Gasteiger partial charge is 0.306 e. The maximum absolute atomic E-state index is 12.7. The number of esters is 1. The number of carbonyl (C=O) groups is 1. The van der Waals surface area contributed by atoms with Crippen LogP contribution < -0.4 is 0 Å². The molecule has 1 saturated heterocycles. The third-order valence-corrected chi connectivity index (χ3v) is 9.37. The van der Waals surface area contributed by atoms with Crippen LogP contribution >= 0.6 is 0 Å². The number of hydrogen-bond donors (Lipinski definition) is 4. The van der Waals surface area contributed by atoms with Gasteiger partial charge in [0.25, 0.3) is 0 Å². The van der Waals surface area contributed by atoms with Crippen LogP contribution in [-0.2, 0) is 23.7 Å². The van der Waals surface area contributed by atoms with Crippen molar-refractivity contribution in [2.45, 2.75) is 205 Å². The van der Waals surface area contributed by atoms with Crippen molar-refractivity contribution in [1.82, 2.24) is 0 Å². The molecule has 6 unspecified atom stereocenters. The maximum atomic E-state index is 12.7. The number of allylic oxidation sites excluding steroid dienone is 4. The third-order valence-electron chi connectivity index (χ3n) is 9.37. The monoisotopic (exact) mass is 713 g/mol. The molecular weight excluding hydrogens is 636 g/mol. The second kappa shape index (κ2) is 33.5. The molecule has 294 valence electrons. The number of unbranched alkanes of at least 4 members (excludes halogenated alkanes) is 19. The lowest BCUT2D eigenvalue weighted by atomic mass is 9.99. The number of rotatable bonds is 34. The molecule has 50 heavy (non-hydrogen) atoms. The minimum atomic E-state index is -1.53. The van der Waals surface area contributed by atoms with E-state index in [2.05, 4.69) is 38.2 Å². The highest BCUT2D eigenvalue weighted by molar-refractivity contribution is 5.69. The topological polar surface area (TPSA) is 135 Å². The Bertz CT molecular complexity index is 818. The van der Waals surface area contributed by atoms with Crippen molar-refractivity contribution < 1.29 is 44.2 Å². The third kappa shape index (κ3) is 24.8. The minimum absolute atomic E-state index is 0.116. The summed E-state index contributed by atoms with van der Waals surface area (Å²) >= 11 is 0. The summed E-state index contributed by atoms with van der Waals surface area (Å²) < 4.78 is 22.7. The van der Waals surface area contributed by atoms with Crippen molar-refractivity contribution in [3.63, 3.8) is 0 Å². The Balaban J connectivity index is 2.31. The summed E-state index contributed by atoms with van der Waals surface area (Å²) in [4.78, 5) is 12.7.